The molecule has 1 heterocycles. The maximum Gasteiger partial charge on any atom is 0.191 e. The van der Waals surface area contributed by atoms with Gasteiger partial charge in [0.2, 0.25) is 0 Å². The highest BCUT2D eigenvalue weighted by molar-refractivity contribution is 14.0. The molecule has 0 atom stereocenters. The van der Waals surface area contributed by atoms with E-state index in [1.807, 2.05) is 7.05 Å². The number of halogens is 1. The zero-order valence-electron chi connectivity index (χ0n) is 12.7. The van der Waals surface area contributed by atoms with E-state index >= 15 is 0 Å². The van der Waals surface area contributed by atoms with E-state index < -0.39 is 0 Å². The summed E-state index contributed by atoms with van der Waals surface area (Å²) in [5.74, 6) is 0.872. The number of guanidine groups is 1. The smallest absolute Gasteiger partial charge is 0.191 e. The minimum atomic E-state index is 0. The Labute approximate surface area is 144 Å². The van der Waals surface area contributed by atoms with E-state index in [0.717, 1.165) is 25.6 Å². The highest BCUT2D eigenvalue weighted by atomic mass is 127. The Balaban J connectivity index is 0.00000361. The van der Waals surface area contributed by atoms with Crippen LogP contribution in [0.4, 0.5) is 0 Å². The van der Waals surface area contributed by atoms with Gasteiger partial charge in [0.15, 0.2) is 5.96 Å². The van der Waals surface area contributed by atoms with Gasteiger partial charge < -0.3 is 15.5 Å². The molecule has 0 amide bonds. The topological polar surface area (TPSA) is 39.7 Å². The second-order valence-corrected chi connectivity index (χ2v) is 5.62. The van der Waals surface area contributed by atoms with Crippen molar-refractivity contribution in [1.29, 1.82) is 0 Å². The molecular formula is C14H27IN4S. The van der Waals surface area contributed by atoms with Gasteiger partial charge in [-0.3, -0.25) is 4.99 Å². The molecule has 0 aliphatic carbocycles. The molecular weight excluding hydrogens is 383 g/mol. The SMILES string of the molecule is CCCCN(C)CCNC(=NC)NCc1cccs1.I. The molecule has 2 N–H and O–H groups in total. The molecule has 1 rings (SSSR count). The number of rotatable bonds is 8. The molecule has 20 heavy (non-hydrogen) atoms. The van der Waals surface area contributed by atoms with Crippen LogP contribution in [0.1, 0.15) is 24.6 Å². The summed E-state index contributed by atoms with van der Waals surface area (Å²) in [6.45, 7) is 6.19. The van der Waals surface area contributed by atoms with Gasteiger partial charge in [0.05, 0.1) is 6.54 Å². The molecule has 0 spiro atoms. The molecule has 6 heteroatoms. The molecule has 0 unspecified atom stereocenters. The van der Waals surface area contributed by atoms with E-state index in [1.54, 1.807) is 11.3 Å². The second kappa shape index (κ2) is 12.4. The Hall–Kier alpha value is -0.340. The highest BCUT2D eigenvalue weighted by Crippen LogP contribution is 2.06. The van der Waals surface area contributed by atoms with Gasteiger partial charge in [0.25, 0.3) is 0 Å². The Morgan fingerprint density at radius 2 is 2.15 bits per heavy atom. The van der Waals surface area contributed by atoms with E-state index in [1.165, 1.54) is 24.3 Å². The molecule has 0 saturated heterocycles. The molecule has 0 aliphatic heterocycles. The minimum Gasteiger partial charge on any atom is -0.355 e. The summed E-state index contributed by atoms with van der Waals surface area (Å²) >= 11 is 1.76. The minimum absolute atomic E-state index is 0. The number of hydrogen-bond acceptors (Lipinski definition) is 3. The van der Waals surface area contributed by atoms with Crippen molar-refractivity contribution in [3.8, 4) is 0 Å². The molecule has 1 aromatic heterocycles. The van der Waals surface area contributed by atoms with Crippen LogP contribution in [0.5, 0.6) is 0 Å². The second-order valence-electron chi connectivity index (χ2n) is 4.59. The van der Waals surface area contributed by atoms with E-state index in [9.17, 15) is 0 Å². The van der Waals surface area contributed by atoms with Crippen molar-refractivity contribution >= 4 is 41.3 Å². The molecule has 4 nitrogen and oxygen atoms in total. The van der Waals surface area contributed by atoms with Gasteiger partial charge in [0, 0.05) is 25.0 Å². The third-order valence-corrected chi connectivity index (χ3v) is 3.79. The van der Waals surface area contributed by atoms with Crippen LogP contribution < -0.4 is 10.6 Å². The van der Waals surface area contributed by atoms with E-state index in [0.29, 0.717) is 0 Å². The maximum absolute atomic E-state index is 4.23. The van der Waals surface area contributed by atoms with Gasteiger partial charge in [0.1, 0.15) is 0 Å². The Morgan fingerprint density at radius 3 is 2.75 bits per heavy atom. The zero-order chi connectivity index (χ0) is 13.9. The average Bonchev–Trinajstić information content (AvgIpc) is 2.93. The van der Waals surface area contributed by atoms with E-state index in [2.05, 4.69) is 52.0 Å². The van der Waals surface area contributed by atoms with Crippen LogP contribution >= 0.6 is 35.3 Å². The van der Waals surface area contributed by atoms with Gasteiger partial charge in [-0.25, -0.2) is 0 Å². The third-order valence-electron chi connectivity index (χ3n) is 2.91. The zero-order valence-corrected chi connectivity index (χ0v) is 15.8. The third kappa shape index (κ3) is 8.76. The lowest BCUT2D eigenvalue weighted by atomic mass is 10.3. The summed E-state index contributed by atoms with van der Waals surface area (Å²) in [4.78, 5) is 7.90. The number of aliphatic imine (C=N–C) groups is 1. The fourth-order valence-electron chi connectivity index (χ4n) is 1.71. The predicted octanol–water partition coefficient (Wildman–Crippen LogP) is 2.76. The molecule has 0 aromatic carbocycles. The lowest BCUT2D eigenvalue weighted by Gasteiger charge is -2.17. The summed E-state index contributed by atoms with van der Waals surface area (Å²) in [5.41, 5.74) is 0. The van der Waals surface area contributed by atoms with Gasteiger partial charge >= 0.3 is 0 Å². The van der Waals surface area contributed by atoms with E-state index in [4.69, 9.17) is 0 Å². The normalized spacial score (nSPS) is 11.3. The summed E-state index contributed by atoms with van der Waals surface area (Å²) < 4.78 is 0. The fourth-order valence-corrected chi connectivity index (χ4v) is 2.35. The van der Waals surface area contributed by atoms with Crippen molar-refractivity contribution in [2.75, 3.05) is 33.7 Å². The summed E-state index contributed by atoms with van der Waals surface area (Å²) in [5, 5.41) is 8.75. The number of nitrogens with one attached hydrogen (secondary N) is 2. The first-order chi connectivity index (χ1) is 9.26. The van der Waals surface area contributed by atoms with Gasteiger partial charge in [-0.1, -0.05) is 19.4 Å². The number of nitrogens with zero attached hydrogens (tertiary/aromatic N) is 2. The molecule has 0 aliphatic rings. The largest absolute Gasteiger partial charge is 0.355 e. The quantitative estimate of drug-likeness (QED) is 0.393. The molecule has 0 fully saturated rings. The van der Waals surface area contributed by atoms with Gasteiger partial charge in [-0.15, -0.1) is 35.3 Å². The summed E-state index contributed by atoms with van der Waals surface area (Å²) in [6.07, 6.45) is 2.52. The average molecular weight is 410 g/mol. The number of unbranched alkanes of at least 4 members (excludes halogenated alkanes) is 1. The Morgan fingerprint density at radius 1 is 1.35 bits per heavy atom. The van der Waals surface area contributed by atoms with Crippen LogP contribution in [0, 0.1) is 0 Å². The Bertz CT molecular complexity index is 354. The predicted molar refractivity (Wildman–Crippen MR) is 100 cm³/mol. The first kappa shape index (κ1) is 19.7. The summed E-state index contributed by atoms with van der Waals surface area (Å²) in [6, 6.07) is 4.20. The maximum atomic E-state index is 4.23. The lowest BCUT2D eigenvalue weighted by molar-refractivity contribution is 0.332. The van der Waals surface area contributed by atoms with Crippen LogP contribution in [0.15, 0.2) is 22.5 Å². The van der Waals surface area contributed by atoms with Crippen LogP contribution in [-0.2, 0) is 6.54 Å². The molecule has 0 bridgehead atoms. The molecule has 116 valence electrons. The van der Waals surface area contributed by atoms with E-state index in [-0.39, 0.29) is 24.0 Å². The number of thiophene rings is 1. The van der Waals surface area contributed by atoms with Gasteiger partial charge in [-0.05, 0) is 31.5 Å². The molecule has 0 radical (unpaired) electrons. The summed E-state index contributed by atoms with van der Waals surface area (Å²) in [7, 11) is 3.98. The van der Waals surface area contributed by atoms with Crippen molar-refractivity contribution in [1.82, 2.24) is 15.5 Å². The monoisotopic (exact) mass is 410 g/mol. The van der Waals surface area contributed by atoms with Gasteiger partial charge in [-0.2, -0.15) is 0 Å². The molecule has 1 aromatic rings. The fraction of sp³-hybridized carbons (Fsp3) is 0.643. The first-order valence-electron chi connectivity index (χ1n) is 6.91. The number of hydrogen-bond donors (Lipinski definition) is 2. The Kier molecular flexibility index (Phi) is 12.2. The standard InChI is InChI=1S/C14H26N4S.HI/c1-4-5-9-18(3)10-8-16-14(15-2)17-12-13-7-6-11-19-13;/h6-7,11H,4-5,8-10,12H2,1-3H3,(H2,15,16,17);1H. The van der Waals surface area contributed by atoms with Crippen molar-refractivity contribution < 1.29 is 0 Å². The molecule has 0 saturated carbocycles. The van der Waals surface area contributed by atoms with Crippen LogP contribution in [0.3, 0.4) is 0 Å². The van der Waals surface area contributed by atoms with Crippen molar-refractivity contribution in [2.45, 2.75) is 26.3 Å². The van der Waals surface area contributed by atoms with Crippen LogP contribution in [0.2, 0.25) is 0 Å². The van der Waals surface area contributed by atoms with Crippen LogP contribution in [0.25, 0.3) is 0 Å². The van der Waals surface area contributed by atoms with Crippen LogP contribution in [-0.4, -0.2) is 44.6 Å². The highest BCUT2D eigenvalue weighted by Gasteiger charge is 2.00. The van der Waals surface area contributed by atoms with Crippen molar-refractivity contribution in [2.24, 2.45) is 4.99 Å². The first-order valence-corrected chi connectivity index (χ1v) is 7.79. The lowest BCUT2D eigenvalue weighted by Crippen LogP contribution is -2.40. The van der Waals surface area contributed by atoms with Crippen molar-refractivity contribution in [3.63, 3.8) is 0 Å². The van der Waals surface area contributed by atoms with Crippen molar-refractivity contribution in [3.05, 3.63) is 22.4 Å². The number of likely N-dealkylation sites (N-methyl/N-ethyl adjacent to an activating group) is 1.